The zero-order chi connectivity index (χ0) is 9.26. The second-order valence-corrected chi connectivity index (χ2v) is 3.72. The Bertz CT molecular complexity index is 457. The molecule has 0 saturated carbocycles. The fourth-order valence-corrected chi connectivity index (χ4v) is 1.33. The second-order valence-electron chi connectivity index (χ2n) is 2.47. The number of nitrogens with zero attached hydrogens (tertiary/aromatic N) is 2. The van der Waals surface area contributed by atoms with Crippen molar-refractivity contribution in [1.82, 2.24) is 14.5 Å². The summed E-state index contributed by atoms with van der Waals surface area (Å²) >= 11 is 2.17. The van der Waals surface area contributed by atoms with E-state index in [1.165, 1.54) is 4.57 Å². The van der Waals surface area contributed by atoms with Gasteiger partial charge in [0.1, 0.15) is 5.82 Å². The van der Waals surface area contributed by atoms with Crippen molar-refractivity contribution in [2.24, 2.45) is 0 Å². The van der Waals surface area contributed by atoms with Crippen molar-refractivity contribution in [1.29, 1.82) is 0 Å². The summed E-state index contributed by atoms with van der Waals surface area (Å²) in [5, 5.41) is 0. The van der Waals surface area contributed by atoms with Crippen LogP contribution < -0.4 is 5.69 Å². The van der Waals surface area contributed by atoms with Gasteiger partial charge in [-0.15, -0.1) is 0 Å². The molecular formula is C8H6IN3O. The van der Waals surface area contributed by atoms with Crippen LogP contribution in [0.3, 0.4) is 0 Å². The number of H-pyrrole nitrogens is 1. The first-order chi connectivity index (χ1) is 6.27. The summed E-state index contributed by atoms with van der Waals surface area (Å²) in [6.07, 6.45) is 4.95. The molecule has 2 aromatic heterocycles. The highest BCUT2D eigenvalue weighted by atomic mass is 127. The molecule has 5 heteroatoms. The molecule has 1 N–H and O–H groups in total. The number of imidazole rings is 1. The van der Waals surface area contributed by atoms with Crippen molar-refractivity contribution in [3.05, 3.63) is 44.8 Å². The summed E-state index contributed by atoms with van der Waals surface area (Å²) in [7, 11) is 0. The molecule has 4 nitrogen and oxygen atoms in total. The third-order valence-electron chi connectivity index (χ3n) is 1.61. The van der Waals surface area contributed by atoms with E-state index in [0.29, 0.717) is 5.82 Å². The van der Waals surface area contributed by atoms with Gasteiger partial charge in [-0.25, -0.2) is 9.78 Å². The Labute approximate surface area is 87.8 Å². The molecule has 0 aliphatic heterocycles. The summed E-state index contributed by atoms with van der Waals surface area (Å²) in [4.78, 5) is 17.8. The largest absolute Gasteiger partial charge is 0.331 e. The van der Waals surface area contributed by atoms with E-state index >= 15 is 0 Å². The van der Waals surface area contributed by atoms with Crippen LogP contribution in [0, 0.1) is 3.57 Å². The van der Waals surface area contributed by atoms with Gasteiger partial charge in [0.05, 0.1) is 0 Å². The van der Waals surface area contributed by atoms with Crippen LogP contribution in [0.1, 0.15) is 0 Å². The SMILES string of the molecule is O=c1[nH]ccn1-c1ccc(I)cn1. The molecule has 13 heavy (non-hydrogen) atoms. The second kappa shape index (κ2) is 3.33. The van der Waals surface area contributed by atoms with E-state index in [9.17, 15) is 4.79 Å². The molecule has 0 radical (unpaired) electrons. The van der Waals surface area contributed by atoms with Crippen molar-refractivity contribution in [2.75, 3.05) is 0 Å². The maximum atomic E-state index is 11.2. The minimum absolute atomic E-state index is 0.172. The van der Waals surface area contributed by atoms with Crippen LogP contribution in [-0.4, -0.2) is 14.5 Å². The van der Waals surface area contributed by atoms with E-state index in [0.717, 1.165) is 3.57 Å². The highest BCUT2D eigenvalue weighted by molar-refractivity contribution is 14.1. The van der Waals surface area contributed by atoms with E-state index in [1.807, 2.05) is 6.07 Å². The number of hydrogen-bond donors (Lipinski definition) is 1. The molecule has 0 bridgehead atoms. The Morgan fingerprint density at radius 3 is 2.85 bits per heavy atom. The van der Waals surface area contributed by atoms with Gasteiger partial charge in [0.25, 0.3) is 0 Å². The first kappa shape index (κ1) is 8.49. The van der Waals surface area contributed by atoms with Gasteiger partial charge >= 0.3 is 5.69 Å². The third-order valence-corrected chi connectivity index (χ3v) is 2.25. The van der Waals surface area contributed by atoms with Crippen LogP contribution >= 0.6 is 22.6 Å². The Morgan fingerprint density at radius 2 is 2.31 bits per heavy atom. The lowest BCUT2D eigenvalue weighted by Gasteiger charge is -1.98. The van der Waals surface area contributed by atoms with E-state index in [4.69, 9.17) is 0 Å². The average Bonchev–Trinajstić information content (AvgIpc) is 2.53. The topological polar surface area (TPSA) is 50.7 Å². The molecule has 0 saturated heterocycles. The number of rotatable bonds is 1. The number of aromatic nitrogens is 3. The lowest BCUT2D eigenvalue weighted by Crippen LogP contribution is -2.14. The standard InChI is InChI=1S/C8H6IN3O/c9-6-1-2-7(11-5-6)12-4-3-10-8(12)13/h1-5H,(H,10,13). The minimum atomic E-state index is -0.172. The lowest BCUT2D eigenvalue weighted by molar-refractivity contribution is 0.939. The monoisotopic (exact) mass is 287 g/mol. The van der Waals surface area contributed by atoms with E-state index in [1.54, 1.807) is 24.7 Å². The van der Waals surface area contributed by atoms with Crippen molar-refractivity contribution >= 4 is 22.6 Å². The van der Waals surface area contributed by atoms with Gasteiger partial charge in [-0.3, -0.25) is 4.57 Å². The first-order valence-corrected chi connectivity index (χ1v) is 4.73. The molecule has 0 unspecified atom stereocenters. The predicted molar refractivity (Wildman–Crippen MR) is 56.9 cm³/mol. The smallest absolute Gasteiger partial charge is 0.312 e. The zero-order valence-corrected chi connectivity index (χ0v) is 8.72. The van der Waals surface area contributed by atoms with Crippen LogP contribution in [0.15, 0.2) is 35.5 Å². The van der Waals surface area contributed by atoms with Crippen LogP contribution in [-0.2, 0) is 0 Å². The maximum absolute atomic E-state index is 11.2. The third kappa shape index (κ3) is 1.64. The Morgan fingerprint density at radius 1 is 1.46 bits per heavy atom. The fraction of sp³-hybridized carbons (Fsp3) is 0. The van der Waals surface area contributed by atoms with Gasteiger partial charge in [0.2, 0.25) is 0 Å². The van der Waals surface area contributed by atoms with Gasteiger partial charge in [-0.1, -0.05) is 0 Å². The van der Waals surface area contributed by atoms with Gasteiger partial charge in [0, 0.05) is 22.2 Å². The molecule has 0 aliphatic carbocycles. The van der Waals surface area contributed by atoms with E-state index < -0.39 is 0 Å². The van der Waals surface area contributed by atoms with Crippen LogP contribution in [0.4, 0.5) is 0 Å². The lowest BCUT2D eigenvalue weighted by atomic mass is 10.4. The zero-order valence-electron chi connectivity index (χ0n) is 6.57. The average molecular weight is 287 g/mol. The van der Waals surface area contributed by atoms with Crippen LogP contribution in [0.2, 0.25) is 0 Å². The number of halogens is 1. The molecule has 0 amide bonds. The van der Waals surface area contributed by atoms with Crippen LogP contribution in [0.25, 0.3) is 5.82 Å². The molecule has 0 spiro atoms. The highest BCUT2D eigenvalue weighted by Crippen LogP contribution is 2.05. The number of nitrogens with one attached hydrogen (secondary N) is 1. The molecule has 2 rings (SSSR count). The number of pyridine rings is 1. The van der Waals surface area contributed by atoms with Crippen LogP contribution in [0.5, 0.6) is 0 Å². The Kier molecular flexibility index (Phi) is 2.17. The number of hydrogen-bond acceptors (Lipinski definition) is 2. The molecule has 2 heterocycles. The predicted octanol–water partition coefficient (Wildman–Crippen LogP) is 1.17. The summed E-state index contributed by atoms with van der Waals surface area (Å²) in [6, 6.07) is 3.71. The maximum Gasteiger partial charge on any atom is 0.331 e. The van der Waals surface area contributed by atoms with Gasteiger partial charge < -0.3 is 4.98 Å². The first-order valence-electron chi connectivity index (χ1n) is 3.65. The summed E-state index contributed by atoms with van der Waals surface area (Å²) in [5.41, 5.74) is -0.172. The quantitative estimate of drug-likeness (QED) is 0.800. The molecule has 0 atom stereocenters. The molecule has 0 aliphatic rings. The Hall–Kier alpha value is -1.11. The summed E-state index contributed by atoms with van der Waals surface area (Å²) < 4.78 is 2.50. The number of aromatic amines is 1. The Balaban J connectivity index is 2.54. The fourth-order valence-electron chi connectivity index (χ4n) is 1.01. The molecule has 2 aromatic rings. The molecule has 0 aromatic carbocycles. The van der Waals surface area contributed by atoms with Crippen molar-refractivity contribution in [2.45, 2.75) is 0 Å². The minimum Gasteiger partial charge on any atom is -0.312 e. The van der Waals surface area contributed by atoms with Gasteiger partial charge in [0.15, 0.2) is 0 Å². The van der Waals surface area contributed by atoms with Crippen molar-refractivity contribution in [3.8, 4) is 5.82 Å². The van der Waals surface area contributed by atoms with Gasteiger partial charge in [-0.2, -0.15) is 0 Å². The molecule has 0 fully saturated rings. The van der Waals surface area contributed by atoms with Crippen molar-refractivity contribution < 1.29 is 0 Å². The van der Waals surface area contributed by atoms with E-state index in [2.05, 4.69) is 32.6 Å². The highest BCUT2D eigenvalue weighted by Gasteiger charge is 1.99. The summed E-state index contributed by atoms with van der Waals surface area (Å²) in [5.74, 6) is 0.631. The summed E-state index contributed by atoms with van der Waals surface area (Å²) in [6.45, 7) is 0. The molecule has 66 valence electrons. The normalized spacial score (nSPS) is 10.2. The van der Waals surface area contributed by atoms with E-state index in [-0.39, 0.29) is 5.69 Å². The van der Waals surface area contributed by atoms with Gasteiger partial charge in [-0.05, 0) is 34.7 Å². The molecular weight excluding hydrogens is 281 g/mol. The van der Waals surface area contributed by atoms with Crippen molar-refractivity contribution in [3.63, 3.8) is 0 Å².